The molecular weight excluding hydrogens is 1120 g/mol. The zero-order valence-electron chi connectivity index (χ0n) is 50.6. The molecule has 6 heteroatoms. The predicted octanol–water partition coefficient (Wildman–Crippen LogP) is 22.3. The van der Waals surface area contributed by atoms with E-state index in [1.165, 1.54) is 43.1 Å². The summed E-state index contributed by atoms with van der Waals surface area (Å²) >= 11 is 0. The molecule has 430 valence electrons. The largest absolute Gasteiger partial charge is 0.309 e. The SMILES string of the molecule is Cc1ccc(-c2c(-c3ccc(-n4c5ccccc5c5ccccc54)cc3)c(C#N)c(-c3ccc(-n4c5ccccc5c5ccccc54)cc3)c(-c3ccc(-n4c5ccccc5c5ccccc54)cc3)c2-c2ccc(-n3c4ccccc4c4ccccc43)cc2)c(C)n1. The molecule has 5 heterocycles. The summed E-state index contributed by atoms with van der Waals surface area (Å²) in [6.45, 7) is 4.16. The molecule has 18 aromatic rings. The number of hydrogen-bond acceptors (Lipinski definition) is 2. The average molecular weight is 1170 g/mol. The quantitative estimate of drug-likeness (QED) is 0.145. The average Bonchev–Trinajstić information content (AvgIpc) is 1.09. The van der Waals surface area contributed by atoms with Crippen LogP contribution in [-0.4, -0.2) is 23.3 Å². The summed E-state index contributed by atoms with van der Waals surface area (Å²) in [5.74, 6) is 0. The van der Waals surface area contributed by atoms with Crippen molar-refractivity contribution in [2.75, 3.05) is 0 Å². The summed E-state index contributed by atoms with van der Waals surface area (Å²) in [5.41, 5.74) is 24.9. The number of pyridine rings is 1. The number of hydrogen-bond donors (Lipinski definition) is 0. The highest BCUT2D eigenvalue weighted by Gasteiger charge is 2.31. The third kappa shape index (κ3) is 8.02. The Balaban J connectivity index is 0.946. The smallest absolute Gasteiger partial charge is 0.100 e. The number of fused-ring (bicyclic) bond motifs is 12. The number of nitrogens with zero attached hydrogens (tertiary/aromatic N) is 6. The van der Waals surface area contributed by atoms with E-state index in [0.717, 1.165) is 134 Å². The summed E-state index contributed by atoms with van der Waals surface area (Å²) in [4.78, 5) is 5.24. The molecule has 0 amide bonds. The fraction of sp³-hybridized carbons (Fsp3) is 0.0233. The van der Waals surface area contributed by atoms with Crippen molar-refractivity contribution in [2.24, 2.45) is 0 Å². The van der Waals surface area contributed by atoms with Crippen LogP contribution in [0.5, 0.6) is 0 Å². The summed E-state index contributed by atoms with van der Waals surface area (Å²) in [7, 11) is 0. The van der Waals surface area contributed by atoms with Crippen LogP contribution < -0.4 is 0 Å². The van der Waals surface area contributed by atoms with Gasteiger partial charge < -0.3 is 18.3 Å². The van der Waals surface area contributed by atoms with E-state index in [0.29, 0.717) is 5.56 Å². The van der Waals surface area contributed by atoms with Crippen molar-refractivity contribution in [3.8, 4) is 84.5 Å². The topological polar surface area (TPSA) is 56.4 Å². The van der Waals surface area contributed by atoms with Gasteiger partial charge in [0.05, 0.1) is 49.7 Å². The Labute approximate surface area is 531 Å². The van der Waals surface area contributed by atoms with Crippen molar-refractivity contribution in [3.05, 3.63) is 320 Å². The first kappa shape index (κ1) is 52.8. The molecule has 0 atom stereocenters. The van der Waals surface area contributed by atoms with Crippen LogP contribution in [0.15, 0.2) is 303 Å². The Morgan fingerprint density at radius 1 is 0.250 bits per heavy atom. The van der Waals surface area contributed by atoms with Gasteiger partial charge in [0.1, 0.15) is 6.07 Å². The van der Waals surface area contributed by atoms with Gasteiger partial charge in [0.15, 0.2) is 0 Å². The Kier molecular flexibility index (Phi) is 12.0. The van der Waals surface area contributed by atoms with Crippen LogP contribution in [0.1, 0.15) is 17.0 Å². The molecule has 0 aliphatic rings. The molecule has 0 fully saturated rings. The number of para-hydroxylation sites is 8. The molecule has 0 radical (unpaired) electrons. The third-order valence-corrected chi connectivity index (χ3v) is 19.1. The second-order valence-electron chi connectivity index (χ2n) is 24.1. The lowest BCUT2D eigenvalue weighted by atomic mass is 9.75. The maximum absolute atomic E-state index is 12.5. The molecule has 6 nitrogen and oxygen atoms in total. The predicted molar refractivity (Wildman–Crippen MR) is 383 cm³/mol. The van der Waals surface area contributed by atoms with Crippen LogP contribution in [0, 0.1) is 25.2 Å². The lowest BCUT2D eigenvalue weighted by molar-refractivity contribution is 1.13. The molecular formula is C86H56N6. The minimum atomic E-state index is 0.571. The van der Waals surface area contributed by atoms with Gasteiger partial charge in [-0.05, 0) is 150 Å². The van der Waals surface area contributed by atoms with E-state index >= 15 is 0 Å². The zero-order valence-corrected chi connectivity index (χ0v) is 50.6. The monoisotopic (exact) mass is 1170 g/mol. The number of rotatable bonds is 9. The first-order valence-electron chi connectivity index (χ1n) is 31.4. The van der Waals surface area contributed by atoms with Gasteiger partial charge >= 0.3 is 0 Å². The van der Waals surface area contributed by atoms with E-state index in [2.05, 4.69) is 342 Å². The minimum Gasteiger partial charge on any atom is -0.309 e. The zero-order chi connectivity index (χ0) is 61.1. The van der Waals surface area contributed by atoms with Gasteiger partial charge in [-0.15, -0.1) is 0 Å². The Hall–Kier alpha value is -12.3. The van der Waals surface area contributed by atoms with E-state index in [4.69, 9.17) is 4.98 Å². The molecule has 92 heavy (non-hydrogen) atoms. The van der Waals surface area contributed by atoms with E-state index in [9.17, 15) is 5.26 Å². The van der Waals surface area contributed by atoms with Gasteiger partial charge in [0.2, 0.25) is 0 Å². The van der Waals surface area contributed by atoms with Crippen molar-refractivity contribution in [1.29, 1.82) is 5.26 Å². The van der Waals surface area contributed by atoms with Crippen molar-refractivity contribution in [1.82, 2.24) is 23.3 Å². The fourth-order valence-corrected chi connectivity index (χ4v) is 15.1. The van der Waals surface area contributed by atoms with Crippen molar-refractivity contribution in [2.45, 2.75) is 13.8 Å². The van der Waals surface area contributed by atoms with Crippen molar-refractivity contribution >= 4 is 87.2 Å². The number of aryl methyl sites for hydroxylation is 2. The van der Waals surface area contributed by atoms with Crippen LogP contribution in [-0.2, 0) is 0 Å². The molecule has 5 aromatic heterocycles. The molecule has 0 unspecified atom stereocenters. The molecule has 0 saturated heterocycles. The first-order chi connectivity index (χ1) is 45.5. The van der Waals surface area contributed by atoms with Crippen LogP contribution >= 0.6 is 0 Å². The van der Waals surface area contributed by atoms with Crippen LogP contribution in [0.25, 0.3) is 166 Å². The van der Waals surface area contributed by atoms with Crippen molar-refractivity contribution in [3.63, 3.8) is 0 Å². The van der Waals surface area contributed by atoms with Crippen LogP contribution in [0.4, 0.5) is 0 Å². The third-order valence-electron chi connectivity index (χ3n) is 19.1. The molecule has 0 saturated carbocycles. The highest BCUT2D eigenvalue weighted by atomic mass is 15.0. The van der Waals surface area contributed by atoms with E-state index in [1.54, 1.807) is 0 Å². The Morgan fingerprint density at radius 2 is 0.478 bits per heavy atom. The summed E-state index contributed by atoms with van der Waals surface area (Å²) in [5, 5.41) is 22.1. The molecule has 0 N–H and O–H groups in total. The second-order valence-corrected chi connectivity index (χ2v) is 24.1. The normalized spacial score (nSPS) is 11.8. The van der Waals surface area contributed by atoms with Gasteiger partial charge in [0.25, 0.3) is 0 Å². The van der Waals surface area contributed by atoms with Crippen LogP contribution in [0.2, 0.25) is 0 Å². The van der Waals surface area contributed by atoms with Crippen LogP contribution in [0.3, 0.4) is 0 Å². The van der Waals surface area contributed by atoms with Crippen molar-refractivity contribution < 1.29 is 0 Å². The number of aromatic nitrogens is 5. The van der Waals surface area contributed by atoms with Gasteiger partial charge in [-0.3, -0.25) is 4.98 Å². The fourth-order valence-electron chi connectivity index (χ4n) is 15.1. The molecule has 18 rings (SSSR count). The minimum absolute atomic E-state index is 0.571. The van der Waals surface area contributed by atoms with Gasteiger partial charge in [-0.25, -0.2) is 0 Å². The maximum Gasteiger partial charge on any atom is 0.100 e. The maximum atomic E-state index is 12.5. The lowest BCUT2D eigenvalue weighted by Crippen LogP contribution is -2.04. The Morgan fingerprint density at radius 3 is 0.728 bits per heavy atom. The summed E-state index contributed by atoms with van der Waals surface area (Å²) in [6, 6.07) is 113. The van der Waals surface area contributed by atoms with Gasteiger partial charge in [-0.2, -0.15) is 5.26 Å². The molecule has 0 spiro atoms. The summed E-state index contributed by atoms with van der Waals surface area (Å²) in [6.07, 6.45) is 0. The number of nitriles is 1. The standard InChI is InChI=1S/C86H56N6/c1-54-35-52-64(55(2)88-54)86-83(57-38-46-61(47-39-57)90-76-29-13-5-21-67(76)68-22-6-14-30-77(68)90)73(53-87)82(56-36-44-60(45-37-56)89-74-27-11-3-19-65(74)66-20-4-12-28-75(66)89)84(58-40-48-62(49-41-58)91-78-31-15-7-23-69(78)70-24-8-16-32-79(70)91)85(86)59-42-50-63(51-43-59)92-80-33-17-9-25-71(80)72-26-10-18-34-81(72)92/h3-52H,1-2H3. The number of benzene rings is 13. The second kappa shape index (κ2) is 20.9. The Bertz CT molecular complexity index is 5850. The highest BCUT2D eigenvalue weighted by Crippen LogP contribution is 2.54. The molecule has 0 bridgehead atoms. The van der Waals surface area contributed by atoms with E-state index in [-0.39, 0.29) is 0 Å². The lowest BCUT2D eigenvalue weighted by Gasteiger charge is -2.27. The molecule has 13 aromatic carbocycles. The first-order valence-corrected chi connectivity index (χ1v) is 31.4. The van der Waals surface area contributed by atoms with Gasteiger partial charge in [0, 0.05) is 99.5 Å². The van der Waals surface area contributed by atoms with Gasteiger partial charge in [-0.1, -0.05) is 200 Å². The molecule has 0 aliphatic carbocycles. The molecule has 0 aliphatic heterocycles. The van der Waals surface area contributed by atoms with E-state index < -0.39 is 0 Å². The highest BCUT2D eigenvalue weighted by molar-refractivity contribution is 6.15. The van der Waals surface area contributed by atoms with E-state index in [1.807, 2.05) is 0 Å². The summed E-state index contributed by atoms with van der Waals surface area (Å²) < 4.78 is 9.47.